The van der Waals surface area contributed by atoms with Crippen molar-refractivity contribution in [2.24, 2.45) is 5.92 Å². The zero-order chi connectivity index (χ0) is 20.4. The van der Waals surface area contributed by atoms with E-state index in [9.17, 15) is 18.0 Å². The Morgan fingerprint density at radius 2 is 1.68 bits per heavy atom. The minimum absolute atomic E-state index is 0.134. The van der Waals surface area contributed by atoms with Gasteiger partial charge in [0.1, 0.15) is 6.10 Å². The van der Waals surface area contributed by atoms with Crippen LogP contribution in [-0.4, -0.2) is 77.4 Å². The summed E-state index contributed by atoms with van der Waals surface area (Å²) in [5.74, 6) is -1.52. The van der Waals surface area contributed by atoms with Crippen LogP contribution in [0.2, 0.25) is 0 Å². The van der Waals surface area contributed by atoms with Crippen LogP contribution in [0.4, 0.5) is 13.2 Å². The molecule has 3 saturated heterocycles. The lowest BCUT2D eigenvalue weighted by Crippen LogP contribution is -2.55. The number of nitrogens with zero attached hydrogens (tertiary/aromatic N) is 2. The van der Waals surface area contributed by atoms with E-state index < -0.39 is 12.1 Å². The Morgan fingerprint density at radius 3 is 2.18 bits per heavy atom. The van der Waals surface area contributed by atoms with Gasteiger partial charge in [0.05, 0.1) is 0 Å². The highest BCUT2D eigenvalue weighted by Gasteiger charge is 2.45. The topological polar surface area (TPSA) is 70.1 Å². The van der Waals surface area contributed by atoms with E-state index in [2.05, 4.69) is 9.80 Å². The average Bonchev–Trinajstić information content (AvgIpc) is 3.15. The molecule has 1 unspecified atom stereocenters. The van der Waals surface area contributed by atoms with E-state index >= 15 is 0 Å². The molecule has 3 heterocycles. The van der Waals surface area contributed by atoms with Gasteiger partial charge >= 0.3 is 12.1 Å². The zero-order valence-electron chi connectivity index (χ0n) is 16.0. The zero-order valence-corrected chi connectivity index (χ0v) is 16.0. The van der Waals surface area contributed by atoms with Gasteiger partial charge in [0, 0.05) is 31.8 Å². The van der Waals surface area contributed by atoms with Crippen LogP contribution < -0.4 is 0 Å². The van der Waals surface area contributed by atoms with Crippen molar-refractivity contribution in [3.63, 3.8) is 0 Å². The van der Waals surface area contributed by atoms with Gasteiger partial charge in [-0.1, -0.05) is 0 Å². The molecule has 1 saturated carbocycles. The number of carbonyl (C=O) groups is 2. The fraction of sp³-hybridized carbons (Fsp3) is 0.895. The van der Waals surface area contributed by atoms with Gasteiger partial charge in [0.15, 0.2) is 0 Å². The second-order valence-corrected chi connectivity index (χ2v) is 8.35. The second-order valence-electron chi connectivity index (χ2n) is 8.35. The first-order valence-electron chi connectivity index (χ1n) is 10.2. The number of amides is 1. The third-order valence-corrected chi connectivity index (χ3v) is 6.37. The highest BCUT2D eigenvalue weighted by Crippen LogP contribution is 2.42. The molecule has 9 heteroatoms. The molecule has 1 aliphatic carbocycles. The minimum atomic E-state index is -5.08. The second kappa shape index (κ2) is 8.57. The van der Waals surface area contributed by atoms with Crippen LogP contribution >= 0.6 is 0 Å². The maximum absolute atomic E-state index is 12.5. The lowest BCUT2D eigenvalue weighted by molar-refractivity contribution is -0.192. The van der Waals surface area contributed by atoms with Crippen LogP contribution in [0, 0.1) is 5.92 Å². The number of hydrogen-bond donors (Lipinski definition) is 1. The summed E-state index contributed by atoms with van der Waals surface area (Å²) in [6.07, 6.45) is 4.69. The molecule has 0 aromatic heterocycles. The predicted octanol–water partition coefficient (Wildman–Crippen LogP) is 2.67. The Balaban J connectivity index is 0.000000279. The number of piperidine rings is 1. The summed E-state index contributed by atoms with van der Waals surface area (Å²) >= 11 is 0. The van der Waals surface area contributed by atoms with Crippen molar-refractivity contribution >= 4 is 11.9 Å². The molecule has 1 amide bonds. The highest BCUT2D eigenvalue weighted by atomic mass is 19.4. The van der Waals surface area contributed by atoms with E-state index in [1.807, 2.05) is 0 Å². The van der Waals surface area contributed by atoms with E-state index in [-0.39, 0.29) is 12.0 Å². The summed E-state index contributed by atoms with van der Waals surface area (Å²) in [4.78, 5) is 26.2. The molecule has 1 N–H and O–H groups in total. The first-order chi connectivity index (χ1) is 13.2. The van der Waals surface area contributed by atoms with E-state index in [1.165, 1.54) is 51.6 Å². The van der Waals surface area contributed by atoms with Crippen LogP contribution in [-0.2, 0) is 14.3 Å². The SMILES string of the molecule is O=C(C1CCCO1)N1CCC2(CCCN2CC2CC2)CC1.O=C(O)C(F)(F)F. The van der Waals surface area contributed by atoms with Gasteiger partial charge in [-0.15, -0.1) is 0 Å². The number of hydrogen-bond acceptors (Lipinski definition) is 4. The minimum Gasteiger partial charge on any atom is -0.475 e. The van der Waals surface area contributed by atoms with Gasteiger partial charge in [0.25, 0.3) is 5.91 Å². The Kier molecular flexibility index (Phi) is 6.54. The molecule has 1 atom stereocenters. The molecule has 4 aliphatic rings. The normalized spacial score (nSPS) is 27.5. The maximum atomic E-state index is 12.5. The Bertz CT molecular complexity index is 566. The number of ether oxygens (including phenoxy) is 1. The fourth-order valence-electron chi connectivity index (χ4n) is 4.58. The van der Waals surface area contributed by atoms with Gasteiger partial charge in [0.2, 0.25) is 0 Å². The number of aliphatic carboxylic acids is 1. The van der Waals surface area contributed by atoms with E-state index in [1.54, 1.807) is 0 Å². The van der Waals surface area contributed by atoms with E-state index in [4.69, 9.17) is 14.6 Å². The van der Waals surface area contributed by atoms with Crippen LogP contribution in [0.15, 0.2) is 0 Å². The molecule has 4 fully saturated rings. The molecule has 160 valence electrons. The Hall–Kier alpha value is -1.35. The van der Waals surface area contributed by atoms with E-state index in [0.717, 1.165) is 38.5 Å². The highest BCUT2D eigenvalue weighted by molar-refractivity contribution is 5.81. The summed E-state index contributed by atoms with van der Waals surface area (Å²) in [7, 11) is 0. The average molecular weight is 406 g/mol. The van der Waals surface area contributed by atoms with Crippen LogP contribution in [0.3, 0.4) is 0 Å². The summed E-state index contributed by atoms with van der Waals surface area (Å²) in [6.45, 7) is 5.26. The molecule has 28 heavy (non-hydrogen) atoms. The molecule has 1 spiro atoms. The van der Waals surface area contributed by atoms with Gasteiger partial charge in [-0.2, -0.15) is 13.2 Å². The molecule has 0 aromatic rings. The molecule has 0 radical (unpaired) electrons. The van der Waals surface area contributed by atoms with Crippen LogP contribution in [0.25, 0.3) is 0 Å². The molecular weight excluding hydrogens is 377 g/mol. The number of alkyl halides is 3. The third-order valence-electron chi connectivity index (χ3n) is 6.37. The van der Waals surface area contributed by atoms with Crippen molar-refractivity contribution in [2.45, 2.75) is 69.2 Å². The van der Waals surface area contributed by atoms with Gasteiger partial charge < -0.3 is 14.7 Å². The van der Waals surface area contributed by atoms with Crippen molar-refractivity contribution in [1.82, 2.24) is 9.80 Å². The number of carboxylic acids is 1. The molecule has 0 aromatic carbocycles. The number of carbonyl (C=O) groups excluding carboxylic acids is 1. The van der Waals surface area contributed by atoms with Crippen molar-refractivity contribution < 1.29 is 32.6 Å². The first kappa shape index (κ1) is 21.4. The van der Waals surface area contributed by atoms with Gasteiger partial charge in [-0.25, -0.2) is 4.79 Å². The number of rotatable bonds is 3. The van der Waals surface area contributed by atoms with Crippen molar-refractivity contribution in [1.29, 1.82) is 0 Å². The fourth-order valence-corrected chi connectivity index (χ4v) is 4.58. The van der Waals surface area contributed by atoms with Crippen molar-refractivity contribution in [3.8, 4) is 0 Å². The molecule has 4 rings (SSSR count). The summed E-state index contributed by atoms with van der Waals surface area (Å²) in [5.41, 5.74) is 0.426. The summed E-state index contributed by atoms with van der Waals surface area (Å²) in [5, 5.41) is 7.12. The van der Waals surface area contributed by atoms with Gasteiger partial charge in [-0.05, 0) is 63.8 Å². The Morgan fingerprint density at radius 1 is 1.04 bits per heavy atom. The van der Waals surface area contributed by atoms with Crippen LogP contribution in [0.1, 0.15) is 51.4 Å². The largest absolute Gasteiger partial charge is 0.490 e. The smallest absolute Gasteiger partial charge is 0.475 e. The number of halogens is 3. The molecular formula is C19H29F3N2O4. The Labute approximate surface area is 163 Å². The number of likely N-dealkylation sites (tertiary alicyclic amines) is 2. The van der Waals surface area contributed by atoms with Crippen molar-refractivity contribution in [3.05, 3.63) is 0 Å². The lowest BCUT2D eigenvalue weighted by atomic mass is 9.84. The standard InChI is InChI=1S/C17H28N2O2.C2HF3O2/c20-16(15-3-1-12-21-15)18-10-7-17(8-11-18)6-2-9-19(17)13-14-4-5-14;3-2(4,5)1(6)7/h14-15H,1-13H2;(H,6,7). The quantitative estimate of drug-likeness (QED) is 0.780. The van der Waals surface area contributed by atoms with Crippen molar-refractivity contribution in [2.75, 3.05) is 32.8 Å². The monoisotopic (exact) mass is 406 g/mol. The molecule has 6 nitrogen and oxygen atoms in total. The first-order valence-corrected chi connectivity index (χ1v) is 10.2. The predicted molar refractivity (Wildman–Crippen MR) is 94.7 cm³/mol. The van der Waals surface area contributed by atoms with E-state index in [0.29, 0.717) is 5.54 Å². The number of carboxylic acid groups (broad SMARTS) is 1. The summed E-state index contributed by atoms with van der Waals surface area (Å²) in [6, 6.07) is 0. The summed E-state index contributed by atoms with van der Waals surface area (Å²) < 4.78 is 37.3. The van der Waals surface area contributed by atoms with Crippen LogP contribution in [0.5, 0.6) is 0 Å². The lowest BCUT2D eigenvalue weighted by Gasteiger charge is -2.45. The molecule has 0 bridgehead atoms. The third kappa shape index (κ3) is 5.17. The van der Waals surface area contributed by atoms with Gasteiger partial charge in [-0.3, -0.25) is 9.69 Å². The maximum Gasteiger partial charge on any atom is 0.490 e. The molecule has 3 aliphatic heterocycles.